The van der Waals surface area contributed by atoms with Gasteiger partial charge in [-0.25, -0.2) is 4.79 Å². The number of hydrogen-bond acceptors (Lipinski definition) is 7. The molecule has 1 spiro atoms. The minimum Gasteiger partial charge on any atom is -0.492 e. The van der Waals surface area contributed by atoms with E-state index in [0.717, 1.165) is 32.1 Å². The molecule has 1 atom stereocenters. The van der Waals surface area contributed by atoms with Gasteiger partial charge in [0.15, 0.2) is 0 Å². The van der Waals surface area contributed by atoms with Crippen LogP contribution in [0.3, 0.4) is 0 Å². The van der Waals surface area contributed by atoms with Crippen LogP contribution >= 0.6 is 0 Å². The fourth-order valence-electron chi connectivity index (χ4n) is 6.65. The summed E-state index contributed by atoms with van der Waals surface area (Å²) in [5, 5.41) is 4.18. The summed E-state index contributed by atoms with van der Waals surface area (Å²) >= 11 is 0. The number of carbonyl (C=O) groups is 4. The van der Waals surface area contributed by atoms with E-state index in [1.807, 2.05) is 55.9 Å². The van der Waals surface area contributed by atoms with Crippen LogP contribution in [0.1, 0.15) is 88.9 Å². The lowest BCUT2D eigenvalue weighted by Gasteiger charge is -2.42. The Labute approximate surface area is 291 Å². The maximum atomic E-state index is 14.0. The Bertz CT molecular complexity index is 1400. The molecule has 1 aromatic heterocycles. The number of para-hydroxylation sites is 1. The Morgan fingerprint density at radius 3 is 2.45 bits per heavy atom. The second-order valence-electron chi connectivity index (χ2n) is 14.7. The molecular formula is C37H56N6O6. The van der Waals surface area contributed by atoms with Crippen molar-refractivity contribution in [2.75, 3.05) is 53.9 Å². The van der Waals surface area contributed by atoms with Gasteiger partial charge in [-0.3, -0.25) is 19.1 Å². The summed E-state index contributed by atoms with van der Waals surface area (Å²) in [7, 11) is 5.27. The first-order valence-corrected chi connectivity index (χ1v) is 17.7. The first-order valence-electron chi connectivity index (χ1n) is 17.7. The summed E-state index contributed by atoms with van der Waals surface area (Å²) in [6.45, 7) is 8.95. The normalized spacial score (nSPS) is 19.2. The van der Waals surface area contributed by atoms with Crippen molar-refractivity contribution < 1.29 is 28.7 Å². The number of nitrogens with zero attached hydrogens (tertiary/aromatic N) is 6. The second-order valence-corrected chi connectivity index (χ2v) is 14.7. The van der Waals surface area contributed by atoms with E-state index >= 15 is 0 Å². The molecule has 0 N–H and O–H groups in total. The maximum absolute atomic E-state index is 14.0. The third-order valence-electron chi connectivity index (χ3n) is 9.76. The van der Waals surface area contributed by atoms with Gasteiger partial charge in [-0.1, -0.05) is 18.6 Å². The maximum Gasteiger partial charge on any atom is 0.410 e. The van der Waals surface area contributed by atoms with Gasteiger partial charge in [-0.05, 0) is 83.9 Å². The number of benzene rings is 1. The predicted octanol–water partition coefficient (Wildman–Crippen LogP) is 5.08. The molecule has 2 aliphatic heterocycles. The lowest BCUT2D eigenvalue weighted by Crippen LogP contribution is -2.49. The minimum absolute atomic E-state index is 0.0467. The monoisotopic (exact) mass is 680 g/mol. The minimum atomic E-state index is -0.680. The number of fused-ring (bicyclic) bond motifs is 1. The Hall–Kier alpha value is -4.09. The van der Waals surface area contributed by atoms with E-state index in [1.54, 1.807) is 48.1 Å². The van der Waals surface area contributed by atoms with Crippen LogP contribution in [0.5, 0.6) is 5.75 Å². The number of aryl methyl sites for hydroxylation is 1. The topological polar surface area (TPSA) is 118 Å². The second kappa shape index (κ2) is 17.0. The van der Waals surface area contributed by atoms with Crippen molar-refractivity contribution in [3.05, 3.63) is 48.3 Å². The quantitative estimate of drug-likeness (QED) is 0.382. The summed E-state index contributed by atoms with van der Waals surface area (Å²) in [6, 6.07) is 8.40. The van der Waals surface area contributed by atoms with Crippen molar-refractivity contribution in [2.24, 2.45) is 5.41 Å². The highest BCUT2D eigenvalue weighted by Gasteiger charge is 2.38. The Morgan fingerprint density at radius 1 is 1.02 bits per heavy atom. The fraction of sp³-hybridized carbons (Fsp3) is 0.649. The van der Waals surface area contributed by atoms with Crippen LogP contribution in [0, 0.1) is 5.41 Å². The molecule has 49 heavy (non-hydrogen) atoms. The molecule has 1 saturated heterocycles. The van der Waals surface area contributed by atoms with Crippen LogP contribution < -0.4 is 4.74 Å². The van der Waals surface area contributed by atoms with Gasteiger partial charge in [0.25, 0.3) is 5.91 Å². The van der Waals surface area contributed by atoms with Crippen molar-refractivity contribution in [1.29, 1.82) is 0 Å². The van der Waals surface area contributed by atoms with Crippen LogP contribution in [0.15, 0.2) is 42.7 Å². The molecule has 12 nitrogen and oxygen atoms in total. The summed E-state index contributed by atoms with van der Waals surface area (Å²) in [4.78, 5) is 60.2. The van der Waals surface area contributed by atoms with E-state index < -0.39 is 11.6 Å². The summed E-state index contributed by atoms with van der Waals surface area (Å²) < 4.78 is 13.9. The molecule has 0 radical (unpaired) electrons. The fourth-order valence-corrected chi connectivity index (χ4v) is 6.65. The lowest BCUT2D eigenvalue weighted by atomic mass is 9.75. The Balaban J connectivity index is 1.42. The van der Waals surface area contributed by atoms with E-state index in [0.29, 0.717) is 76.3 Å². The zero-order chi connectivity index (χ0) is 35.6. The van der Waals surface area contributed by atoms with Gasteiger partial charge in [0, 0.05) is 78.1 Å². The van der Waals surface area contributed by atoms with Crippen molar-refractivity contribution in [2.45, 2.75) is 96.7 Å². The SMILES string of the molecule is CN(CCC[C@H]1C(=O)N(C)CCCCC2(CCN(C(=O)OC(C)(C)C)CC2)COc2ccccc2C(=O)N1C)C(=O)CCCn1cccn1. The van der Waals surface area contributed by atoms with E-state index in [9.17, 15) is 19.2 Å². The highest BCUT2D eigenvalue weighted by molar-refractivity contribution is 5.99. The third kappa shape index (κ3) is 10.7. The molecule has 0 aliphatic carbocycles. The lowest BCUT2D eigenvalue weighted by molar-refractivity contribution is -0.134. The zero-order valence-corrected chi connectivity index (χ0v) is 30.4. The van der Waals surface area contributed by atoms with Crippen LogP contribution in [0.4, 0.5) is 4.79 Å². The molecule has 3 heterocycles. The number of ether oxygens (including phenoxy) is 2. The number of aromatic nitrogens is 2. The largest absolute Gasteiger partial charge is 0.492 e. The number of amides is 4. The molecule has 12 heteroatoms. The molecule has 4 amide bonds. The molecule has 1 fully saturated rings. The van der Waals surface area contributed by atoms with Gasteiger partial charge < -0.3 is 29.1 Å². The summed E-state index contributed by atoms with van der Waals surface area (Å²) in [5.41, 5.74) is -0.311. The summed E-state index contributed by atoms with van der Waals surface area (Å²) in [6.07, 6.45) is 9.56. The standard InChI is InChI=1S/C37H56N6O6/c1-36(2,3)49-35(47)42-26-19-37(20-27-42)18-9-10-22-40(5)34(46)30(41(6)33(45)29-14-7-8-16-31(29)48-28-37)15-11-23-39(4)32(44)17-12-24-43-25-13-21-38-43/h7-8,13-14,16,21,25,30H,9-12,15,17-20,22-24,26-28H2,1-6H3/t30-/m0/s1. The highest BCUT2D eigenvalue weighted by atomic mass is 16.6. The number of hydrogen-bond donors (Lipinski definition) is 0. The average Bonchev–Trinajstić information content (AvgIpc) is 3.59. The van der Waals surface area contributed by atoms with Crippen molar-refractivity contribution in [3.63, 3.8) is 0 Å². The van der Waals surface area contributed by atoms with E-state index in [1.165, 1.54) is 4.90 Å². The van der Waals surface area contributed by atoms with Gasteiger partial charge in [-0.2, -0.15) is 5.10 Å². The number of likely N-dealkylation sites (N-methyl/N-ethyl adjacent to an activating group) is 2. The first kappa shape index (κ1) is 37.7. The van der Waals surface area contributed by atoms with Crippen LogP contribution in [0.25, 0.3) is 0 Å². The van der Waals surface area contributed by atoms with Gasteiger partial charge in [0.05, 0.1) is 12.2 Å². The van der Waals surface area contributed by atoms with Gasteiger partial charge in [-0.15, -0.1) is 0 Å². The van der Waals surface area contributed by atoms with Crippen LogP contribution in [0.2, 0.25) is 0 Å². The van der Waals surface area contributed by atoms with Crippen molar-refractivity contribution in [1.82, 2.24) is 29.4 Å². The van der Waals surface area contributed by atoms with Crippen molar-refractivity contribution >= 4 is 23.8 Å². The average molecular weight is 681 g/mol. The smallest absolute Gasteiger partial charge is 0.410 e. The molecule has 2 aromatic rings. The number of piperidine rings is 1. The molecule has 270 valence electrons. The van der Waals surface area contributed by atoms with Gasteiger partial charge in [0.2, 0.25) is 11.8 Å². The number of rotatable bonds is 8. The predicted molar refractivity (Wildman–Crippen MR) is 187 cm³/mol. The molecule has 0 bridgehead atoms. The molecule has 1 aromatic carbocycles. The number of likely N-dealkylation sites (tertiary alicyclic amines) is 1. The van der Waals surface area contributed by atoms with Gasteiger partial charge >= 0.3 is 6.09 Å². The van der Waals surface area contributed by atoms with Crippen molar-refractivity contribution in [3.8, 4) is 5.75 Å². The zero-order valence-electron chi connectivity index (χ0n) is 30.4. The Kier molecular flexibility index (Phi) is 13.1. The Morgan fingerprint density at radius 2 is 1.76 bits per heavy atom. The van der Waals surface area contributed by atoms with E-state index in [-0.39, 0.29) is 29.2 Å². The molecular weight excluding hydrogens is 624 g/mol. The van der Waals surface area contributed by atoms with E-state index in [2.05, 4.69) is 5.10 Å². The molecule has 4 rings (SSSR count). The first-order chi connectivity index (χ1) is 23.3. The molecule has 0 unspecified atom stereocenters. The molecule has 0 saturated carbocycles. The van der Waals surface area contributed by atoms with E-state index in [4.69, 9.17) is 9.47 Å². The van der Waals surface area contributed by atoms with Crippen LogP contribution in [-0.2, 0) is 20.9 Å². The molecule has 2 aliphatic rings. The van der Waals surface area contributed by atoms with Gasteiger partial charge in [0.1, 0.15) is 17.4 Å². The number of carbonyl (C=O) groups excluding carboxylic acids is 4. The third-order valence-corrected chi connectivity index (χ3v) is 9.76. The highest BCUT2D eigenvalue weighted by Crippen LogP contribution is 2.38. The van der Waals surface area contributed by atoms with Crippen LogP contribution in [-0.4, -0.2) is 119 Å². The summed E-state index contributed by atoms with van der Waals surface area (Å²) in [5.74, 6) is 0.145.